The third-order valence-electron chi connectivity index (χ3n) is 2.83. The number of benzene rings is 1. The highest BCUT2D eigenvalue weighted by Gasteiger charge is 2.21. The van der Waals surface area contributed by atoms with Gasteiger partial charge in [0.1, 0.15) is 5.78 Å². The van der Waals surface area contributed by atoms with Gasteiger partial charge in [0.05, 0.1) is 5.25 Å². The molecule has 0 amide bonds. The number of hydrogen-bond acceptors (Lipinski definition) is 2. The third kappa shape index (κ3) is 3.48. The average molecular weight is 346 g/mol. The van der Waals surface area contributed by atoms with Gasteiger partial charge in [-0.05, 0) is 58.9 Å². The zero-order valence-corrected chi connectivity index (χ0v) is 12.1. The number of rotatable bonds is 3. The Balaban J connectivity index is 1.93. The van der Waals surface area contributed by atoms with Gasteiger partial charge in [-0.1, -0.05) is 18.6 Å². The van der Waals surface area contributed by atoms with E-state index in [1.165, 1.54) is 16.4 Å². The Bertz CT molecular complexity index is 355. The quantitative estimate of drug-likeness (QED) is 0.777. The lowest BCUT2D eigenvalue weighted by Crippen LogP contribution is -2.22. The van der Waals surface area contributed by atoms with Crippen LogP contribution in [0.4, 0.5) is 0 Å². The van der Waals surface area contributed by atoms with Crippen LogP contribution < -0.4 is 0 Å². The molecule has 0 aliphatic carbocycles. The fourth-order valence-electron chi connectivity index (χ4n) is 1.91. The number of carbonyl (C=O) groups excluding carboxylic acids is 1. The minimum Gasteiger partial charge on any atom is -0.298 e. The van der Waals surface area contributed by atoms with Crippen molar-refractivity contribution in [2.24, 2.45) is 0 Å². The monoisotopic (exact) mass is 346 g/mol. The van der Waals surface area contributed by atoms with Crippen molar-refractivity contribution in [3.63, 3.8) is 0 Å². The van der Waals surface area contributed by atoms with Crippen molar-refractivity contribution < 1.29 is 4.79 Å². The summed E-state index contributed by atoms with van der Waals surface area (Å²) in [6, 6.07) is 8.26. The molecule has 3 heteroatoms. The van der Waals surface area contributed by atoms with Crippen molar-refractivity contribution in [3.8, 4) is 0 Å². The van der Waals surface area contributed by atoms with Crippen molar-refractivity contribution in [1.82, 2.24) is 0 Å². The highest BCUT2D eigenvalue weighted by atomic mass is 127. The van der Waals surface area contributed by atoms with Crippen LogP contribution in [-0.4, -0.2) is 16.8 Å². The molecule has 0 N–H and O–H groups in total. The topological polar surface area (TPSA) is 17.1 Å². The Morgan fingerprint density at radius 2 is 2.06 bits per heavy atom. The van der Waals surface area contributed by atoms with Crippen molar-refractivity contribution in [2.45, 2.75) is 30.9 Å². The molecule has 1 saturated heterocycles. The Kier molecular flexibility index (Phi) is 4.70. The molecular formula is C13H15IOS. The number of thioether (sulfide) groups is 1. The Morgan fingerprint density at radius 1 is 1.31 bits per heavy atom. The second-order valence-corrected chi connectivity index (χ2v) is 6.68. The van der Waals surface area contributed by atoms with E-state index in [0.717, 1.165) is 17.7 Å². The first-order valence-electron chi connectivity index (χ1n) is 5.64. The molecule has 86 valence electrons. The van der Waals surface area contributed by atoms with Crippen LogP contribution in [0.5, 0.6) is 0 Å². The predicted molar refractivity (Wildman–Crippen MR) is 78.0 cm³/mol. The summed E-state index contributed by atoms with van der Waals surface area (Å²) in [5.74, 6) is 1.56. The van der Waals surface area contributed by atoms with E-state index in [1.807, 2.05) is 11.8 Å². The molecule has 1 unspecified atom stereocenters. The second kappa shape index (κ2) is 6.05. The molecular weight excluding hydrogens is 331 g/mol. The maximum absolute atomic E-state index is 12.0. The van der Waals surface area contributed by atoms with Crippen LogP contribution in [0.1, 0.15) is 24.8 Å². The van der Waals surface area contributed by atoms with Crippen LogP contribution in [0.2, 0.25) is 0 Å². The number of ketones is 1. The minimum atomic E-state index is 0.257. The van der Waals surface area contributed by atoms with Gasteiger partial charge in [0.2, 0.25) is 0 Å². The van der Waals surface area contributed by atoms with E-state index in [9.17, 15) is 4.79 Å². The van der Waals surface area contributed by atoms with Gasteiger partial charge < -0.3 is 0 Å². The standard InChI is InChI=1S/C13H15IOS/c14-11-6-4-10(5-7-11)9-12(15)13-3-1-2-8-16-13/h4-7,13H,1-3,8-9H2. The molecule has 16 heavy (non-hydrogen) atoms. The molecule has 0 bridgehead atoms. The van der Waals surface area contributed by atoms with Crippen LogP contribution >= 0.6 is 34.4 Å². The Hall–Kier alpha value is -0.0300. The highest BCUT2D eigenvalue weighted by Crippen LogP contribution is 2.26. The molecule has 2 rings (SSSR count). The molecule has 1 fully saturated rings. The fourth-order valence-corrected chi connectivity index (χ4v) is 3.53. The molecule has 0 aromatic heterocycles. The lowest BCUT2D eigenvalue weighted by atomic mass is 10.0. The van der Waals surface area contributed by atoms with E-state index >= 15 is 0 Å². The highest BCUT2D eigenvalue weighted by molar-refractivity contribution is 14.1. The van der Waals surface area contributed by atoms with E-state index in [4.69, 9.17) is 0 Å². The van der Waals surface area contributed by atoms with Gasteiger partial charge >= 0.3 is 0 Å². The maximum Gasteiger partial charge on any atom is 0.150 e. The summed E-state index contributed by atoms with van der Waals surface area (Å²) in [5, 5.41) is 0.257. The van der Waals surface area contributed by atoms with Gasteiger partial charge in [-0.3, -0.25) is 4.79 Å². The maximum atomic E-state index is 12.0. The molecule has 1 heterocycles. The summed E-state index contributed by atoms with van der Waals surface area (Å²) >= 11 is 4.13. The molecule has 1 aliphatic heterocycles. The number of halogens is 1. The summed E-state index contributed by atoms with van der Waals surface area (Å²) in [6.45, 7) is 0. The molecule has 0 saturated carbocycles. The average Bonchev–Trinajstić information content (AvgIpc) is 2.33. The second-order valence-electron chi connectivity index (χ2n) is 4.12. The molecule has 0 spiro atoms. The minimum absolute atomic E-state index is 0.257. The van der Waals surface area contributed by atoms with E-state index < -0.39 is 0 Å². The van der Waals surface area contributed by atoms with Crippen LogP contribution in [-0.2, 0) is 11.2 Å². The van der Waals surface area contributed by atoms with Crippen molar-refractivity contribution >= 4 is 40.1 Å². The number of Topliss-reactive ketones (excluding diaryl/α,β-unsaturated/α-hetero) is 1. The zero-order valence-electron chi connectivity index (χ0n) is 9.12. The molecule has 1 aliphatic rings. The van der Waals surface area contributed by atoms with Gasteiger partial charge in [-0.15, -0.1) is 0 Å². The van der Waals surface area contributed by atoms with E-state index in [1.54, 1.807) is 0 Å². The third-order valence-corrected chi connectivity index (χ3v) is 4.97. The van der Waals surface area contributed by atoms with Crippen molar-refractivity contribution in [3.05, 3.63) is 33.4 Å². The van der Waals surface area contributed by atoms with Gasteiger partial charge in [0, 0.05) is 9.99 Å². The Morgan fingerprint density at radius 3 is 2.69 bits per heavy atom. The normalized spacial score (nSPS) is 20.7. The summed E-state index contributed by atoms with van der Waals surface area (Å²) in [6.07, 6.45) is 4.18. The predicted octanol–water partition coefficient (Wildman–Crippen LogP) is 3.69. The first-order valence-corrected chi connectivity index (χ1v) is 7.77. The molecule has 0 radical (unpaired) electrons. The van der Waals surface area contributed by atoms with Crippen LogP contribution in [0.15, 0.2) is 24.3 Å². The molecule has 1 aromatic carbocycles. The van der Waals surface area contributed by atoms with Crippen molar-refractivity contribution in [1.29, 1.82) is 0 Å². The Labute approximate surface area is 115 Å². The van der Waals surface area contributed by atoms with E-state index in [-0.39, 0.29) is 5.25 Å². The smallest absolute Gasteiger partial charge is 0.150 e. The number of hydrogen-bond donors (Lipinski definition) is 0. The molecule has 1 atom stereocenters. The van der Waals surface area contributed by atoms with Gasteiger partial charge in [0.15, 0.2) is 0 Å². The number of carbonyl (C=O) groups is 1. The first kappa shape index (κ1) is 12.4. The summed E-state index contributed by atoms with van der Waals surface area (Å²) in [7, 11) is 0. The van der Waals surface area contributed by atoms with Crippen LogP contribution in [0.3, 0.4) is 0 Å². The molecule has 1 nitrogen and oxygen atoms in total. The van der Waals surface area contributed by atoms with Crippen LogP contribution in [0, 0.1) is 3.57 Å². The summed E-state index contributed by atoms with van der Waals surface area (Å²) in [5.41, 5.74) is 1.15. The lowest BCUT2D eigenvalue weighted by Gasteiger charge is -2.19. The largest absolute Gasteiger partial charge is 0.298 e. The lowest BCUT2D eigenvalue weighted by molar-refractivity contribution is -0.118. The summed E-state index contributed by atoms with van der Waals surface area (Å²) in [4.78, 5) is 12.0. The fraction of sp³-hybridized carbons (Fsp3) is 0.462. The zero-order chi connectivity index (χ0) is 11.4. The molecule has 1 aromatic rings. The summed E-state index contributed by atoms with van der Waals surface area (Å²) < 4.78 is 1.22. The van der Waals surface area contributed by atoms with Gasteiger partial charge in [0.25, 0.3) is 0 Å². The first-order chi connectivity index (χ1) is 7.75. The van der Waals surface area contributed by atoms with Crippen molar-refractivity contribution in [2.75, 3.05) is 5.75 Å². The van der Waals surface area contributed by atoms with E-state index in [0.29, 0.717) is 12.2 Å². The van der Waals surface area contributed by atoms with Gasteiger partial charge in [-0.25, -0.2) is 0 Å². The SMILES string of the molecule is O=C(Cc1ccc(I)cc1)C1CCCCS1. The van der Waals surface area contributed by atoms with Gasteiger partial charge in [-0.2, -0.15) is 11.8 Å². The van der Waals surface area contributed by atoms with Crippen LogP contribution in [0.25, 0.3) is 0 Å². The van der Waals surface area contributed by atoms with E-state index in [2.05, 4.69) is 46.9 Å².